The fourth-order valence-corrected chi connectivity index (χ4v) is 5.10. The highest BCUT2D eigenvalue weighted by molar-refractivity contribution is 7.89. The Morgan fingerprint density at radius 1 is 0.962 bits per heavy atom. The summed E-state index contributed by atoms with van der Waals surface area (Å²) in [6.07, 6.45) is 0. The molecule has 0 N–H and O–H groups in total. The Hall–Kier alpha value is -1.74. The molecule has 0 radical (unpaired) electrons. The van der Waals surface area contributed by atoms with Crippen molar-refractivity contribution in [2.75, 3.05) is 26.2 Å². The Kier molecular flexibility index (Phi) is 5.47. The van der Waals surface area contributed by atoms with Gasteiger partial charge >= 0.3 is 0 Å². The molecule has 2 aromatic rings. The predicted molar refractivity (Wildman–Crippen MR) is 100 cm³/mol. The SMILES string of the molecule is CC(=O)c1ccc(C(=O)N2CCN(S(=O)(=O)c3ccc(Cl)cc3)CC2)s1. The lowest BCUT2D eigenvalue weighted by molar-refractivity contribution is 0.0702. The van der Waals surface area contributed by atoms with E-state index in [0.717, 1.165) is 11.3 Å². The summed E-state index contributed by atoms with van der Waals surface area (Å²) in [7, 11) is -3.61. The van der Waals surface area contributed by atoms with Crippen molar-refractivity contribution in [3.8, 4) is 0 Å². The van der Waals surface area contributed by atoms with Crippen LogP contribution in [0.3, 0.4) is 0 Å². The summed E-state index contributed by atoms with van der Waals surface area (Å²) in [6, 6.07) is 9.31. The molecule has 1 amide bonds. The van der Waals surface area contributed by atoms with Crippen molar-refractivity contribution in [1.82, 2.24) is 9.21 Å². The summed E-state index contributed by atoms with van der Waals surface area (Å²) >= 11 is 6.97. The number of sulfonamides is 1. The Morgan fingerprint density at radius 3 is 2.08 bits per heavy atom. The van der Waals surface area contributed by atoms with Crippen LogP contribution in [0.25, 0.3) is 0 Å². The van der Waals surface area contributed by atoms with Gasteiger partial charge < -0.3 is 4.90 Å². The first kappa shape index (κ1) is 19.0. The van der Waals surface area contributed by atoms with Crippen LogP contribution < -0.4 is 0 Å². The highest BCUT2D eigenvalue weighted by atomic mass is 35.5. The Balaban J connectivity index is 1.67. The first-order valence-electron chi connectivity index (χ1n) is 7.95. The number of benzene rings is 1. The fraction of sp³-hybridized carbons (Fsp3) is 0.294. The average molecular weight is 413 g/mol. The van der Waals surface area contributed by atoms with Crippen LogP contribution in [-0.2, 0) is 10.0 Å². The van der Waals surface area contributed by atoms with Crippen LogP contribution >= 0.6 is 22.9 Å². The number of hydrogen-bond acceptors (Lipinski definition) is 5. The van der Waals surface area contributed by atoms with Crippen molar-refractivity contribution < 1.29 is 18.0 Å². The summed E-state index contributed by atoms with van der Waals surface area (Å²) in [5.41, 5.74) is 0. The van der Waals surface area contributed by atoms with E-state index >= 15 is 0 Å². The van der Waals surface area contributed by atoms with Gasteiger partial charge in [-0.2, -0.15) is 4.31 Å². The van der Waals surface area contributed by atoms with Gasteiger partial charge in [0.2, 0.25) is 10.0 Å². The second kappa shape index (κ2) is 7.48. The number of rotatable bonds is 4. The van der Waals surface area contributed by atoms with Crippen molar-refractivity contribution in [1.29, 1.82) is 0 Å². The number of Topliss-reactive ketones (excluding diaryl/α,β-unsaturated/α-hetero) is 1. The molecule has 26 heavy (non-hydrogen) atoms. The number of carbonyl (C=O) groups is 2. The minimum atomic E-state index is -3.61. The Morgan fingerprint density at radius 2 is 1.54 bits per heavy atom. The van der Waals surface area contributed by atoms with Gasteiger partial charge in [0.25, 0.3) is 5.91 Å². The third kappa shape index (κ3) is 3.83. The van der Waals surface area contributed by atoms with E-state index in [9.17, 15) is 18.0 Å². The number of hydrogen-bond donors (Lipinski definition) is 0. The minimum absolute atomic E-state index is 0.0760. The zero-order chi connectivity index (χ0) is 18.9. The fourth-order valence-electron chi connectivity index (χ4n) is 2.69. The van der Waals surface area contributed by atoms with E-state index in [1.165, 1.54) is 35.5 Å². The molecule has 1 aliphatic heterocycles. The van der Waals surface area contributed by atoms with Gasteiger partial charge in [-0.05, 0) is 43.3 Å². The lowest BCUT2D eigenvalue weighted by atomic mass is 10.3. The number of ketones is 1. The number of piperazine rings is 1. The third-order valence-corrected chi connectivity index (χ3v) is 7.48. The van der Waals surface area contributed by atoms with Gasteiger partial charge in [0.05, 0.1) is 14.6 Å². The molecule has 2 heterocycles. The van der Waals surface area contributed by atoms with Crippen molar-refractivity contribution >= 4 is 44.7 Å². The molecular formula is C17H17ClN2O4S2. The number of carbonyl (C=O) groups excluding carboxylic acids is 2. The molecule has 1 aromatic carbocycles. The molecule has 138 valence electrons. The smallest absolute Gasteiger partial charge is 0.264 e. The first-order valence-corrected chi connectivity index (χ1v) is 10.6. The monoisotopic (exact) mass is 412 g/mol. The van der Waals surface area contributed by atoms with Crippen LogP contribution in [0, 0.1) is 0 Å². The van der Waals surface area contributed by atoms with Gasteiger partial charge in [-0.1, -0.05) is 11.6 Å². The van der Waals surface area contributed by atoms with E-state index in [1.54, 1.807) is 17.0 Å². The summed E-state index contributed by atoms with van der Waals surface area (Å²) in [4.78, 5) is 26.7. The third-order valence-electron chi connectivity index (χ3n) is 4.14. The predicted octanol–water partition coefficient (Wildman–Crippen LogP) is 2.75. The molecule has 3 rings (SSSR count). The summed E-state index contributed by atoms with van der Waals surface area (Å²) in [5, 5.41) is 0.472. The maximum atomic E-state index is 12.7. The second-order valence-corrected chi connectivity index (χ2v) is 9.33. The zero-order valence-corrected chi connectivity index (χ0v) is 16.4. The van der Waals surface area contributed by atoms with E-state index in [4.69, 9.17) is 11.6 Å². The maximum Gasteiger partial charge on any atom is 0.264 e. The number of thiophene rings is 1. The Bertz CT molecular complexity index is 930. The number of halogens is 1. The van der Waals surface area contributed by atoms with E-state index in [1.807, 2.05) is 0 Å². The largest absolute Gasteiger partial charge is 0.335 e. The molecule has 1 aromatic heterocycles. The molecule has 0 atom stereocenters. The lowest BCUT2D eigenvalue weighted by Gasteiger charge is -2.33. The van der Waals surface area contributed by atoms with Gasteiger partial charge in [0.1, 0.15) is 0 Å². The number of nitrogens with zero attached hydrogens (tertiary/aromatic N) is 2. The minimum Gasteiger partial charge on any atom is -0.335 e. The van der Waals surface area contributed by atoms with Crippen LogP contribution in [0.5, 0.6) is 0 Å². The lowest BCUT2D eigenvalue weighted by Crippen LogP contribution is -2.50. The highest BCUT2D eigenvalue weighted by Crippen LogP contribution is 2.22. The maximum absolute atomic E-state index is 12.7. The first-order chi connectivity index (χ1) is 12.3. The van der Waals surface area contributed by atoms with Crippen LogP contribution in [0.15, 0.2) is 41.3 Å². The van der Waals surface area contributed by atoms with Crippen molar-refractivity contribution in [3.05, 3.63) is 51.2 Å². The molecule has 0 saturated carbocycles. The molecule has 0 bridgehead atoms. The van der Waals surface area contributed by atoms with E-state index in [0.29, 0.717) is 27.9 Å². The second-order valence-electron chi connectivity index (χ2n) is 5.87. The Labute approximate surface area is 161 Å². The van der Waals surface area contributed by atoms with Crippen LogP contribution in [0.4, 0.5) is 0 Å². The molecule has 6 nitrogen and oxygen atoms in total. The summed E-state index contributed by atoms with van der Waals surface area (Å²) < 4.78 is 26.7. The van der Waals surface area contributed by atoms with Gasteiger partial charge in [-0.15, -0.1) is 11.3 Å². The van der Waals surface area contributed by atoms with E-state index in [-0.39, 0.29) is 29.7 Å². The molecule has 0 aliphatic carbocycles. The highest BCUT2D eigenvalue weighted by Gasteiger charge is 2.30. The molecule has 9 heteroatoms. The van der Waals surface area contributed by atoms with Crippen LogP contribution in [0.1, 0.15) is 26.3 Å². The van der Waals surface area contributed by atoms with Crippen LogP contribution in [-0.4, -0.2) is 55.5 Å². The van der Waals surface area contributed by atoms with Gasteiger partial charge in [0.15, 0.2) is 5.78 Å². The summed E-state index contributed by atoms with van der Waals surface area (Å²) in [5.74, 6) is -0.251. The van der Waals surface area contributed by atoms with Gasteiger partial charge in [0, 0.05) is 31.2 Å². The molecule has 1 saturated heterocycles. The normalized spacial score (nSPS) is 15.8. The molecule has 0 unspecified atom stereocenters. The van der Waals surface area contributed by atoms with Crippen molar-refractivity contribution in [2.45, 2.75) is 11.8 Å². The molecule has 1 fully saturated rings. The zero-order valence-electron chi connectivity index (χ0n) is 14.0. The van der Waals surface area contributed by atoms with Crippen molar-refractivity contribution in [3.63, 3.8) is 0 Å². The van der Waals surface area contributed by atoms with E-state index < -0.39 is 10.0 Å². The summed E-state index contributed by atoms with van der Waals surface area (Å²) in [6.45, 7) is 2.52. The van der Waals surface area contributed by atoms with E-state index in [2.05, 4.69) is 0 Å². The van der Waals surface area contributed by atoms with Gasteiger partial charge in [-0.25, -0.2) is 8.42 Å². The van der Waals surface area contributed by atoms with Crippen molar-refractivity contribution in [2.24, 2.45) is 0 Å². The van der Waals surface area contributed by atoms with Crippen LogP contribution in [0.2, 0.25) is 5.02 Å². The number of amides is 1. The molecular weight excluding hydrogens is 396 g/mol. The molecule has 0 spiro atoms. The quantitative estimate of drug-likeness (QED) is 0.723. The topological polar surface area (TPSA) is 74.8 Å². The molecule has 1 aliphatic rings. The average Bonchev–Trinajstić information content (AvgIpc) is 3.12. The van der Waals surface area contributed by atoms with Gasteiger partial charge in [-0.3, -0.25) is 9.59 Å². The standard InChI is InChI=1S/C17H17ClN2O4S2/c1-12(21)15-6-7-16(25-15)17(22)19-8-10-20(11-9-19)26(23,24)14-4-2-13(18)3-5-14/h2-7H,8-11H2,1H3.